The van der Waals surface area contributed by atoms with Gasteiger partial charge in [0.1, 0.15) is 5.69 Å². The summed E-state index contributed by atoms with van der Waals surface area (Å²) < 4.78 is 24.2. The lowest BCUT2D eigenvalue weighted by Gasteiger charge is -2.04. The van der Waals surface area contributed by atoms with Crippen LogP contribution in [0.5, 0.6) is 5.75 Å². The van der Waals surface area contributed by atoms with E-state index in [0.717, 1.165) is 0 Å². The van der Waals surface area contributed by atoms with Crippen molar-refractivity contribution in [3.05, 3.63) is 22.5 Å². The highest BCUT2D eigenvalue weighted by molar-refractivity contribution is 6.32. The third kappa shape index (κ3) is 1.64. The minimum Gasteiger partial charge on any atom is -0.504 e. The topological polar surface area (TPSA) is 33.1 Å². The second-order valence-electron chi connectivity index (χ2n) is 2.28. The van der Waals surface area contributed by atoms with Crippen LogP contribution in [-0.2, 0) is 0 Å². The van der Waals surface area contributed by atoms with Gasteiger partial charge in [-0.15, -0.1) is 0 Å². The van der Waals surface area contributed by atoms with E-state index in [9.17, 15) is 8.78 Å². The van der Waals surface area contributed by atoms with E-state index in [0.29, 0.717) is 5.69 Å². The molecule has 1 aromatic rings. The Balaban J connectivity index is 3.28. The highest BCUT2D eigenvalue weighted by Crippen LogP contribution is 2.32. The fraction of sp³-hybridized carbons (Fsp3) is 0.286. The van der Waals surface area contributed by atoms with Crippen LogP contribution in [-0.4, -0.2) is 10.1 Å². The van der Waals surface area contributed by atoms with E-state index in [1.807, 2.05) is 0 Å². The minimum atomic E-state index is -2.80. The summed E-state index contributed by atoms with van der Waals surface area (Å²) in [6.45, 7) is 1.52. The maximum absolute atomic E-state index is 12.1. The van der Waals surface area contributed by atoms with Crippen LogP contribution in [0.15, 0.2) is 6.07 Å². The normalized spacial score (nSPS) is 10.8. The van der Waals surface area contributed by atoms with Gasteiger partial charge >= 0.3 is 0 Å². The summed E-state index contributed by atoms with van der Waals surface area (Å²) in [4.78, 5) is 3.45. The number of aromatic nitrogens is 1. The molecule has 0 aliphatic heterocycles. The van der Waals surface area contributed by atoms with Crippen molar-refractivity contribution in [1.29, 1.82) is 0 Å². The minimum absolute atomic E-state index is 0.0993. The van der Waals surface area contributed by atoms with Gasteiger partial charge in [-0.2, -0.15) is 0 Å². The van der Waals surface area contributed by atoms with Gasteiger partial charge in [0.05, 0.1) is 5.02 Å². The predicted molar refractivity (Wildman–Crippen MR) is 40.6 cm³/mol. The summed E-state index contributed by atoms with van der Waals surface area (Å²) in [6.07, 6.45) is -2.80. The van der Waals surface area contributed by atoms with Crippen LogP contribution in [0.4, 0.5) is 8.78 Å². The fourth-order valence-electron chi connectivity index (χ4n) is 0.801. The highest BCUT2D eigenvalue weighted by atomic mass is 35.5. The molecule has 0 radical (unpaired) electrons. The van der Waals surface area contributed by atoms with Crippen LogP contribution < -0.4 is 0 Å². The monoisotopic (exact) mass is 193 g/mol. The Bertz CT molecular complexity index is 304. The zero-order valence-electron chi connectivity index (χ0n) is 6.18. The summed E-state index contributed by atoms with van der Waals surface area (Å²) in [5.74, 6) is -0.641. The lowest BCUT2D eigenvalue weighted by atomic mass is 10.3. The maximum atomic E-state index is 12.1. The molecule has 1 N–H and O–H groups in total. The second-order valence-corrected chi connectivity index (χ2v) is 2.69. The van der Waals surface area contributed by atoms with Gasteiger partial charge in [0, 0.05) is 5.69 Å². The summed E-state index contributed by atoms with van der Waals surface area (Å²) in [7, 11) is 0. The van der Waals surface area contributed by atoms with Crippen molar-refractivity contribution in [3.8, 4) is 5.75 Å². The van der Waals surface area contributed by atoms with Crippen LogP contribution in [0.3, 0.4) is 0 Å². The van der Waals surface area contributed by atoms with Crippen molar-refractivity contribution in [2.75, 3.05) is 0 Å². The Morgan fingerprint density at radius 3 is 2.67 bits per heavy atom. The fourth-order valence-corrected chi connectivity index (χ4v) is 1.06. The van der Waals surface area contributed by atoms with E-state index in [1.54, 1.807) is 0 Å². The first-order valence-electron chi connectivity index (χ1n) is 3.16. The number of halogens is 3. The molecule has 0 aliphatic rings. The molecule has 0 saturated carbocycles. The van der Waals surface area contributed by atoms with Gasteiger partial charge in [-0.05, 0) is 13.0 Å². The summed E-state index contributed by atoms with van der Waals surface area (Å²) in [6, 6.07) is 1.32. The Morgan fingerprint density at radius 2 is 2.17 bits per heavy atom. The van der Waals surface area contributed by atoms with Gasteiger partial charge in [-0.1, -0.05) is 11.6 Å². The Labute approximate surface area is 72.8 Å². The molecule has 0 spiro atoms. The molecule has 12 heavy (non-hydrogen) atoms. The van der Waals surface area contributed by atoms with Crippen LogP contribution in [0.2, 0.25) is 5.02 Å². The van der Waals surface area contributed by atoms with E-state index >= 15 is 0 Å². The molecule has 0 amide bonds. The molecule has 0 unspecified atom stereocenters. The van der Waals surface area contributed by atoms with Crippen molar-refractivity contribution >= 4 is 11.6 Å². The molecule has 0 bridgehead atoms. The summed E-state index contributed by atoms with van der Waals surface area (Å²) in [5, 5.41) is 8.92. The van der Waals surface area contributed by atoms with Gasteiger partial charge in [-0.25, -0.2) is 13.8 Å². The molecular formula is C7H6ClF2NO. The first kappa shape index (κ1) is 9.19. The van der Waals surface area contributed by atoms with Crippen molar-refractivity contribution in [1.82, 2.24) is 4.98 Å². The molecule has 1 rings (SSSR count). The molecule has 0 atom stereocenters. The molecule has 1 heterocycles. The third-order valence-corrected chi connectivity index (χ3v) is 1.60. The quantitative estimate of drug-likeness (QED) is 0.744. The SMILES string of the molecule is Cc1cc(Cl)c(O)c(C(F)F)n1. The van der Waals surface area contributed by atoms with E-state index in [4.69, 9.17) is 16.7 Å². The zero-order valence-corrected chi connectivity index (χ0v) is 6.94. The van der Waals surface area contributed by atoms with Gasteiger partial charge in [-0.3, -0.25) is 0 Å². The highest BCUT2D eigenvalue weighted by Gasteiger charge is 2.17. The number of nitrogens with zero attached hydrogens (tertiary/aromatic N) is 1. The largest absolute Gasteiger partial charge is 0.504 e. The van der Waals surface area contributed by atoms with Crippen molar-refractivity contribution in [2.24, 2.45) is 0 Å². The lowest BCUT2D eigenvalue weighted by Crippen LogP contribution is -1.93. The van der Waals surface area contributed by atoms with Crippen molar-refractivity contribution < 1.29 is 13.9 Å². The molecule has 0 saturated heterocycles. The van der Waals surface area contributed by atoms with Gasteiger partial charge in [0.25, 0.3) is 6.43 Å². The number of aryl methyl sites for hydroxylation is 1. The first-order chi connectivity index (χ1) is 5.52. The Kier molecular flexibility index (Phi) is 2.47. The molecule has 2 nitrogen and oxygen atoms in total. The maximum Gasteiger partial charge on any atom is 0.284 e. The van der Waals surface area contributed by atoms with Crippen LogP contribution >= 0.6 is 11.6 Å². The van der Waals surface area contributed by atoms with E-state index in [-0.39, 0.29) is 5.02 Å². The molecule has 1 aromatic heterocycles. The number of pyridine rings is 1. The van der Waals surface area contributed by atoms with E-state index in [1.165, 1.54) is 13.0 Å². The standard InChI is InChI=1S/C7H6ClF2NO/c1-3-2-4(8)6(12)5(11-3)7(9)10/h2,7,12H,1H3. The Morgan fingerprint density at radius 1 is 1.58 bits per heavy atom. The number of hydrogen-bond donors (Lipinski definition) is 1. The Hall–Kier alpha value is -0.900. The average Bonchev–Trinajstić information content (AvgIpc) is 1.96. The molecule has 66 valence electrons. The van der Waals surface area contributed by atoms with Crippen molar-refractivity contribution in [2.45, 2.75) is 13.3 Å². The molecule has 0 fully saturated rings. The zero-order chi connectivity index (χ0) is 9.30. The molecule has 0 aromatic carbocycles. The first-order valence-corrected chi connectivity index (χ1v) is 3.54. The summed E-state index contributed by atoms with van der Waals surface area (Å²) in [5.41, 5.74) is -0.312. The van der Waals surface area contributed by atoms with Gasteiger partial charge in [0.2, 0.25) is 0 Å². The molecular weight excluding hydrogens is 188 g/mol. The summed E-state index contributed by atoms with van der Waals surface area (Å²) >= 11 is 5.44. The number of aromatic hydroxyl groups is 1. The predicted octanol–water partition coefficient (Wildman–Crippen LogP) is 2.69. The average molecular weight is 194 g/mol. The lowest BCUT2D eigenvalue weighted by molar-refractivity contribution is 0.141. The molecule has 0 aliphatic carbocycles. The van der Waals surface area contributed by atoms with Crippen molar-refractivity contribution in [3.63, 3.8) is 0 Å². The van der Waals surface area contributed by atoms with Crippen LogP contribution in [0, 0.1) is 6.92 Å². The second kappa shape index (κ2) is 3.23. The number of alkyl halides is 2. The van der Waals surface area contributed by atoms with Crippen LogP contribution in [0.25, 0.3) is 0 Å². The van der Waals surface area contributed by atoms with E-state index in [2.05, 4.69) is 4.98 Å². The third-order valence-electron chi connectivity index (χ3n) is 1.31. The number of rotatable bonds is 1. The number of hydrogen-bond acceptors (Lipinski definition) is 2. The van der Waals surface area contributed by atoms with Gasteiger partial charge < -0.3 is 5.11 Å². The van der Waals surface area contributed by atoms with Crippen LogP contribution in [0.1, 0.15) is 17.8 Å². The van der Waals surface area contributed by atoms with E-state index < -0.39 is 17.9 Å². The molecule has 5 heteroatoms. The smallest absolute Gasteiger partial charge is 0.284 e. The van der Waals surface area contributed by atoms with Gasteiger partial charge in [0.15, 0.2) is 5.75 Å².